The Hall–Kier alpha value is -1.22. The molecule has 0 spiro atoms. The molecule has 0 unspecified atom stereocenters. The highest BCUT2D eigenvalue weighted by Crippen LogP contribution is 2.34. The van der Waals surface area contributed by atoms with Crippen LogP contribution in [-0.4, -0.2) is 42.6 Å². The fraction of sp³-hybridized carbons (Fsp3) is 0.805. The van der Waals surface area contributed by atoms with E-state index < -0.39 is 25.7 Å². The lowest BCUT2D eigenvalue weighted by Gasteiger charge is -2.33. The van der Waals surface area contributed by atoms with Crippen molar-refractivity contribution in [2.45, 2.75) is 181 Å². The molecule has 0 radical (unpaired) electrons. The molecule has 0 amide bonds. The summed E-state index contributed by atoms with van der Waals surface area (Å²) in [5.74, 6) is 0. The Balaban J connectivity index is 4.54. The van der Waals surface area contributed by atoms with Gasteiger partial charge in [-0.05, 0) is 77.0 Å². The van der Waals surface area contributed by atoms with Crippen LogP contribution in [0.15, 0.2) is 48.6 Å². The SMILES string of the molecule is CCCCCC=CCC=CCCCCCCCCC(CCCCCCCCC=CCC=CCCCCC)(COS(C)(=O)=O)COS(C)(=O)=O. The summed E-state index contributed by atoms with van der Waals surface area (Å²) in [4.78, 5) is 0. The number of allylic oxidation sites excluding steroid dienone is 8. The Labute approximate surface area is 304 Å². The Kier molecular flexibility index (Phi) is 31.9. The van der Waals surface area contributed by atoms with Crippen LogP contribution in [0, 0.1) is 5.41 Å². The van der Waals surface area contributed by atoms with Crippen LogP contribution in [0.3, 0.4) is 0 Å². The number of unbranched alkanes of at least 4 members (excludes halogenated alkanes) is 18. The molecule has 0 rings (SSSR count). The number of rotatable bonds is 36. The van der Waals surface area contributed by atoms with Crippen LogP contribution in [0.4, 0.5) is 0 Å². The van der Waals surface area contributed by atoms with Crippen LogP contribution in [0.5, 0.6) is 0 Å². The maximum Gasteiger partial charge on any atom is 0.264 e. The largest absolute Gasteiger partial charge is 0.270 e. The summed E-state index contributed by atoms with van der Waals surface area (Å²) in [5.41, 5.74) is -0.642. The van der Waals surface area contributed by atoms with Crippen LogP contribution in [0.2, 0.25) is 0 Å². The van der Waals surface area contributed by atoms with Gasteiger partial charge in [0.1, 0.15) is 0 Å². The maximum absolute atomic E-state index is 11.9. The van der Waals surface area contributed by atoms with Gasteiger partial charge in [0.15, 0.2) is 0 Å². The summed E-state index contributed by atoms with van der Waals surface area (Å²) in [6.07, 6.45) is 49.3. The molecule has 0 atom stereocenters. The summed E-state index contributed by atoms with van der Waals surface area (Å²) in [6, 6.07) is 0. The average Bonchev–Trinajstić information content (AvgIpc) is 3.05. The minimum Gasteiger partial charge on any atom is -0.270 e. The summed E-state index contributed by atoms with van der Waals surface area (Å²) >= 11 is 0. The van der Waals surface area contributed by atoms with Gasteiger partial charge in [-0.25, -0.2) is 0 Å². The number of hydrogen-bond donors (Lipinski definition) is 0. The average molecular weight is 729 g/mol. The van der Waals surface area contributed by atoms with Gasteiger partial charge in [-0.2, -0.15) is 16.8 Å². The standard InChI is InChI=1S/C41H76O6S2/c1-5-7-9-11-13-15-17-19-21-23-25-27-29-31-33-35-37-41(39-46-48(3,42)43,40-47-49(4,44)45)38-36-34-32-30-28-26-24-22-20-18-16-14-12-10-8-6-2/h13-16,19-22H,5-12,17-18,23-40H2,1-4H3. The Morgan fingerprint density at radius 1 is 0.408 bits per heavy atom. The van der Waals surface area contributed by atoms with E-state index in [2.05, 4.69) is 62.5 Å². The molecule has 0 N–H and O–H groups in total. The first-order valence-electron chi connectivity index (χ1n) is 19.8. The third kappa shape index (κ3) is 36.4. The molecule has 0 aliphatic carbocycles. The molecule has 0 fully saturated rings. The molecule has 288 valence electrons. The van der Waals surface area contributed by atoms with E-state index >= 15 is 0 Å². The molecular weight excluding hydrogens is 653 g/mol. The van der Waals surface area contributed by atoms with Crippen molar-refractivity contribution in [2.24, 2.45) is 5.41 Å². The molecular formula is C41H76O6S2. The molecule has 0 aromatic carbocycles. The molecule has 0 bridgehead atoms. The van der Waals surface area contributed by atoms with E-state index in [-0.39, 0.29) is 13.2 Å². The predicted octanol–water partition coefficient (Wildman–Crippen LogP) is 12.3. The van der Waals surface area contributed by atoms with Crippen molar-refractivity contribution in [2.75, 3.05) is 25.7 Å². The predicted molar refractivity (Wildman–Crippen MR) is 212 cm³/mol. The summed E-state index contributed by atoms with van der Waals surface area (Å²) in [7, 11) is -7.31. The fourth-order valence-electron chi connectivity index (χ4n) is 5.90. The molecule has 49 heavy (non-hydrogen) atoms. The van der Waals surface area contributed by atoms with Crippen molar-refractivity contribution in [3.8, 4) is 0 Å². The Morgan fingerprint density at radius 3 is 1.00 bits per heavy atom. The van der Waals surface area contributed by atoms with E-state index in [1.54, 1.807) is 0 Å². The molecule has 0 heterocycles. The third-order valence-corrected chi connectivity index (χ3v) is 10.1. The van der Waals surface area contributed by atoms with Crippen LogP contribution in [0.25, 0.3) is 0 Å². The molecule has 0 aromatic heterocycles. The topological polar surface area (TPSA) is 86.7 Å². The van der Waals surface area contributed by atoms with Crippen LogP contribution in [0.1, 0.15) is 181 Å². The molecule has 0 saturated heterocycles. The quantitative estimate of drug-likeness (QED) is 0.0363. The first-order valence-corrected chi connectivity index (χ1v) is 23.5. The van der Waals surface area contributed by atoms with E-state index in [1.807, 2.05) is 0 Å². The lowest BCUT2D eigenvalue weighted by atomic mass is 9.79. The van der Waals surface area contributed by atoms with Gasteiger partial charge >= 0.3 is 0 Å². The molecule has 0 aliphatic rings. The Bertz CT molecular complexity index is 987. The van der Waals surface area contributed by atoms with Crippen molar-refractivity contribution in [3.05, 3.63) is 48.6 Å². The fourth-order valence-corrected chi connectivity index (χ4v) is 6.82. The van der Waals surface area contributed by atoms with Crippen molar-refractivity contribution in [1.82, 2.24) is 0 Å². The first-order chi connectivity index (χ1) is 23.5. The minimum atomic E-state index is -3.66. The highest BCUT2D eigenvalue weighted by atomic mass is 32.2. The molecule has 6 nitrogen and oxygen atoms in total. The lowest BCUT2D eigenvalue weighted by molar-refractivity contribution is 0.0632. The Morgan fingerprint density at radius 2 is 0.694 bits per heavy atom. The van der Waals surface area contributed by atoms with E-state index in [1.165, 1.54) is 89.9 Å². The van der Waals surface area contributed by atoms with Crippen LogP contribution < -0.4 is 0 Å². The van der Waals surface area contributed by atoms with Gasteiger partial charge in [-0.1, -0.05) is 152 Å². The highest BCUT2D eigenvalue weighted by Gasteiger charge is 2.33. The van der Waals surface area contributed by atoms with Gasteiger partial charge in [0, 0.05) is 5.41 Å². The summed E-state index contributed by atoms with van der Waals surface area (Å²) < 4.78 is 58.3. The molecule has 0 aromatic rings. The van der Waals surface area contributed by atoms with E-state index in [9.17, 15) is 16.8 Å². The molecule has 0 aliphatic heterocycles. The van der Waals surface area contributed by atoms with Gasteiger partial charge in [-0.3, -0.25) is 8.37 Å². The van der Waals surface area contributed by atoms with E-state index in [0.717, 1.165) is 76.7 Å². The summed E-state index contributed by atoms with van der Waals surface area (Å²) in [6.45, 7) is 4.39. The van der Waals surface area contributed by atoms with Gasteiger partial charge in [0.2, 0.25) is 0 Å². The second-order valence-electron chi connectivity index (χ2n) is 14.1. The monoisotopic (exact) mass is 729 g/mol. The van der Waals surface area contributed by atoms with Gasteiger partial charge in [0.25, 0.3) is 20.2 Å². The third-order valence-electron chi connectivity index (χ3n) is 8.97. The van der Waals surface area contributed by atoms with Gasteiger partial charge < -0.3 is 0 Å². The molecule has 8 heteroatoms. The van der Waals surface area contributed by atoms with Gasteiger partial charge in [0.05, 0.1) is 25.7 Å². The van der Waals surface area contributed by atoms with Crippen LogP contribution >= 0.6 is 0 Å². The zero-order chi connectivity index (χ0) is 36.4. The summed E-state index contributed by atoms with van der Waals surface area (Å²) in [5, 5.41) is 0. The molecule has 0 saturated carbocycles. The first kappa shape index (κ1) is 47.8. The zero-order valence-corrected chi connectivity index (χ0v) is 33.8. The lowest BCUT2D eigenvalue weighted by Crippen LogP contribution is -2.34. The van der Waals surface area contributed by atoms with E-state index in [4.69, 9.17) is 8.37 Å². The van der Waals surface area contributed by atoms with E-state index in [0.29, 0.717) is 12.8 Å². The van der Waals surface area contributed by atoms with Crippen molar-refractivity contribution in [1.29, 1.82) is 0 Å². The minimum absolute atomic E-state index is 0.0398. The maximum atomic E-state index is 11.9. The van der Waals surface area contributed by atoms with Crippen molar-refractivity contribution in [3.63, 3.8) is 0 Å². The second kappa shape index (κ2) is 32.7. The van der Waals surface area contributed by atoms with Crippen molar-refractivity contribution < 1.29 is 25.2 Å². The van der Waals surface area contributed by atoms with Gasteiger partial charge in [-0.15, -0.1) is 0 Å². The highest BCUT2D eigenvalue weighted by molar-refractivity contribution is 7.86. The normalized spacial score (nSPS) is 13.3. The second-order valence-corrected chi connectivity index (χ2v) is 17.4. The van der Waals surface area contributed by atoms with Crippen molar-refractivity contribution >= 4 is 20.2 Å². The smallest absolute Gasteiger partial charge is 0.264 e. The zero-order valence-electron chi connectivity index (χ0n) is 32.2. The van der Waals surface area contributed by atoms with Crippen LogP contribution in [-0.2, 0) is 28.6 Å². The number of hydrogen-bond acceptors (Lipinski definition) is 6.